The summed E-state index contributed by atoms with van der Waals surface area (Å²) in [6, 6.07) is 5.61. The smallest absolute Gasteiger partial charge is 0.345 e. The molecule has 9 nitrogen and oxygen atoms in total. The second-order valence-electron chi connectivity index (χ2n) is 6.27. The third kappa shape index (κ3) is 2.47. The Morgan fingerprint density at radius 3 is 2.58 bits per heavy atom. The first-order valence-corrected chi connectivity index (χ1v) is 7.96. The van der Waals surface area contributed by atoms with E-state index in [1.807, 2.05) is 0 Å². The molecular formula is C17H20O9. The minimum absolute atomic E-state index is 0.0292. The number of rotatable bonds is 5. The molecular weight excluding hydrogens is 348 g/mol. The largest absolute Gasteiger partial charge is 0.508 e. The van der Waals surface area contributed by atoms with Gasteiger partial charge in [-0.1, -0.05) is 12.1 Å². The van der Waals surface area contributed by atoms with Crippen LogP contribution >= 0.6 is 0 Å². The zero-order valence-corrected chi connectivity index (χ0v) is 14.2. The van der Waals surface area contributed by atoms with Crippen molar-refractivity contribution in [1.82, 2.24) is 0 Å². The number of phenols is 1. The Kier molecular flexibility index (Phi) is 4.65. The van der Waals surface area contributed by atoms with Crippen LogP contribution in [-0.4, -0.2) is 71.7 Å². The number of fused-ring (bicyclic) bond motifs is 1. The molecule has 5 atom stereocenters. The molecule has 142 valence electrons. The fourth-order valence-electron chi connectivity index (χ4n) is 3.64. The number of hydrogen-bond acceptors (Lipinski definition) is 9. The van der Waals surface area contributed by atoms with Gasteiger partial charge in [-0.05, 0) is 17.7 Å². The van der Waals surface area contributed by atoms with Crippen molar-refractivity contribution >= 4 is 11.9 Å². The highest BCUT2D eigenvalue weighted by molar-refractivity contribution is 5.87. The lowest BCUT2D eigenvalue weighted by atomic mass is 9.74. The van der Waals surface area contributed by atoms with Gasteiger partial charge in [0.1, 0.15) is 11.9 Å². The molecule has 0 unspecified atom stereocenters. The van der Waals surface area contributed by atoms with E-state index < -0.39 is 41.5 Å². The van der Waals surface area contributed by atoms with Crippen LogP contribution < -0.4 is 0 Å². The summed E-state index contributed by atoms with van der Waals surface area (Å²) >= 11 is 0. The number of aliphatic hydroxyl groups is 2. The molecule has 3 N–H and O–H groups in total. The number of aromatic hydroxyl groups is 1. The van der Waals surface area contributed by atoms with Crippen LogP contribution in [0.2, 0.25) is 0 Å². The molecule has 0 aliphatic carbocycles. The van der Waals surface area contributed by atoms with Gasteiger partial charge < -0.3 is 34.3 Å². The van der Waals surface area contributed by atoms with Gasteiger partial charge in [0.05, 0.1) is 20.1 Å². The van der Waals surface area contributed by atoms with E-state index in [2.05, 4.69) is 4.74 Å². The molecule has 2 saturated heterocycles. The minimum Gasteiger partial charge on any atom is -0.508 e. The van der Waals surface area contributed by atoms with E-state index in [9.17, 15) is 24.9 Å². The van der Waals surface area contributed by atoms with Crippen molar-refractivity contribution in [3.63, 3.8) is 0 Å². The number of benzene rings is 1. The van der Waals surface area contributed by atoms with Crippen LogP contribution in [0.1, 0.15) is 17.9 Å². The number of aliphatic hydroxyl groups excluding tert-OH is 1. The molecule has 0 spiro atoms. The van der Waals surface area contributed by atoms with E-state index in [1.54, 1.807) is 0 Å². The highest BCUT2D eigenvalue weighted by atomic mass is 16.8. The van der Waals surface area contributed by atoms with Crippen LogP contribution in [0.3, 0.4) is 0 Å². The Morgan fingerprint density at radius 1 is 1.35 bits per heavy atom. The van der Waals surface area contributed by atoms with Gasteiger partial charge in [0.2, 0.25) is 11.4 Å². The maximum absolute atomic E-state index is 12.6. The lowest BCUT2D eigenvalue weighted by Crippen LogP contribution is -2.62. The monoisotopic (exact) mass is 368 g/mol. The first-order valence-electron chi connectivity index (χ1n) is 7.96. The molecule has 0 amide bonds. The molecule has 26 heavy (non-hydrogen) atoms. The SMILES string of the molecule is COC(=O)C[C@H](c1ccc(O)cc1)[C@@]1(O)C(=O)O[C@@H]2[C@@H](O)CO[C@@]21OC. The van der Waals surface area contributed by atoms with Crippen LogP contribution in [0, 0.1) is 0 Å². The summed E-state index contributed by atoms with van der Waals surface area (Å²) in [5.41, 5.74) is -2.07. The van der Waals surface area contributed by atoms with Gasteiger partial charge in [-0.2, -0.15) is 0 Å². The highest BCUT2D eigenvalue weighted by Gasteiger charge is 2.77. The molecule has 2 heterocycles. The Bertz CT molecular complexity index is 703. The maximum Gasteiger partial charge on any atom is 0.345 e. The second kappa shape index (κ2) is 6.51. The predicted molar refractivity (Wildman–Crippen MR) is 84.0 cm³/mol. The quantitative estimate of drug-likeness (QED) is 0.585. The molecule has 9 heteroatoms. The van der Waals surface area contributed by atoms with Gasteiger partial charge in [0, 0.05) is 13.0 Å². The lowest BCUT2D eigenvalue weighted by molar-refractivity contribution is -0.283. The summed E-state index contributed by atoms with van der Waals surface area (Å²) < 4.78 is 20.7. The maximum atomic E-state index is 12.6. The minimum atomic E-state index is -2.42. The number of methoxy groups -OCH3 is 2. The van der Waals surface area contributed by atoms with Crippen LogP contribution in [0.4, 0.5) is 0 Å². The van der Waals surface area contributed by atoms with Gasteiger partial charge in [0.15, 0.2) is 6.10 Å². The number of carbonyl (C=O) groups is 2. The number of ether oxygens (including phenoxy) is 4. The van der Waals surface area contributed by atoms with Crippen molar-refractivity contribution in [3.8, 4) is 5.75 Å². The molecule has 0 aromatic heterocycles. The van der Waals surface area contributed by atoms with Crippen molar-refractivity contribution in [3.05, 3.63) is 29.8 Å². The summed E-state index contributed by atoms with van der Waals surface area (Å²) in [6.45, 7) is -0.214. The van der Waals surface area contributed by atoms with Crippen LogP contribution in [0.5, 0.6) is 5.75 Å². The van der Waals surface area contributed by atoms with Crippen molar-refractivity contribution in [2.75, 3.05) is 20.8 Å². The van der Waals surface area contributed by atoms with Gasteiger partial charge >= 0.3 is 11.9 Å². The van der Waals surface area contributed by atoms with E-state index in [1.165, 1.54) is 38.5 Å². The summed E-state index contributed by atoms with van der Waals surface area (Å²) in [6.07, 6.45) is -2.82. The number of phenolic OH excluding ortho intramolecular Hbond substituents is 1. The Morgan fingerprint density at radius 2 is 2.00 bits per heavy atom. The van der Waals surface area contributed by atoms with Gasteiger partial charge in [0.25, 0.3) is 0 Å². The molecule has 2 aliphatic rings. The van der Waals surface area contributed by atoms with Crippen molar-refractivity contribution in [2.45, 2.75) is 35.9 Å². The van der Waals surface area contributed by atoms with E-state index in [4.69, 9.17) is 14.2 Å². The van der Waals surface area contributed by atoms with Gasteiger partial charge in [-0.3, -0.25) is 4.79 Å². The molecule has 1 aromatic carbocycles. The fraction of sp³-hybridized carbons (Fsp3) is 0.529. The van der Waals surface area contributed by atoms with Crippen LogP contribution in [0.15, 0.2) is 24.3 Å². The molecule has 2 aliphatic heterocycles. The Labute approximate surface area is 149 Å². The molecule has 2 fully saturated rings. The highest BCUT2D eigenvalue weighted by Crippen LogP contribution is 2.52. The van der Waals surface area contributed by atoms with Gasteiger partial charge in [-0.15, -0.1) is 0 Å². The molecule has 1 aromatic rings. The van der Waals surface area contributed by atoms with E-state index >= 15 is 0 Å². The number of carbonyl (C=O) groups excluding carboxylic acids is 2. The third-order valence-corrected chi connectivity index (χ3v) is 4.97. The van der Waals surface area contributed by atoms with Crippen LogP contribution in [-0.2, 0) is 28.5 Å². The van der Waals surface area contributed by atoms with E-state index in [0.717, 1.165) is 0 Å². The Balaban J connectivity index is 2.13. The second-order valence-corrected chi connectivity index (χ2v) is 6.27. The topological polar surface area (TPSA) is 132 Å². The molecule has 0 saturated carbocycles. The first kappa shape index (κ1) is 18.6. The average molecular weight is 368 g/mol. The summed E-state index contributed by atoms with van der Waals surface area (Å²) in [5.74, 6) is -4.94. The van der Waals surface area contributed by atoms with E-state index in [0.29, 0.717) is 5.56 Å². The zero-order valence-electron chi connectivity index (χ0n) is 14.2. The zero-order chi connectivity index (χ0) is 19.1. The predicted octanol–water partition coefficient (Wildman–Crippen LogP) is -0.571. The van der Waals surface area contributed by atoms with E-state index in [-0.39, 0.29) is 18.8 Å². The summed E-state index contributed by atoms with van der Waals surface area (Å²) in [4.78, 5) is 24.6. The standard InChI is InChI=1S/C17H20O9/c1-23-13(20)7-11(9-3-5-10(18)6-4-9)16(22)15(21)26-14-12(19)8-25-17(14,16)24-2/h3-6,11-12,14,18-19,22H,7-8H2,1-2H3/t11-,12+,14-,16-,17+/m1/s1. The van der Waals surface area contributed by atoms with Gasteiger partial charge in [-0.25, -0.2) is 4.79 Å². The number of hydrogen-bond donors (Lipinski definition) is 3. The lowest BCUT2D eigenvalue weighted by Gasteiger charge is -2.40. The molecule has 0 bridgehead atoms. The first-order chi connectivity index (χ1) is 12.3. The van der Waals surface area contributed by atoms with Crippen molar-refractivity contribution in [2.24, 2.45) is 0 Å². The summed E-state index contributed by atoms with van der Waals surface area (Å²) in [5, 5.41) is 31.0. The summed E-state index contributed by atoms with van der Waals surface area (Å²) in [7, 11) is 2.39. The number of esters is 2. The third-order valence-electron chi connectivity index (χ3n) is 4.97. The normalized spacial score (nSPS) is 34.2. The average Bonchev–Trinajstić information content (AvgIpc) is 3.07. The Hall–Kier alpha value is -2.20. The molecule has 0 radical (unpaired) electrons. The van der Waals surface area contributed by atoms with Crippen LogP contribution in [0.25, 0.3) is 0 Å². The molecule has 3 rings (SSSR count). The fourth-order valence-corrected chi connectivity index (χ4v) is 3.64. The van der Waals surface area contributed by atoms with Crippen molar-refractivity contribution < 1.29 is 43.9 Å². The van der Waals surface area contributed by atoms with Crippen molar-refractivity contribution in [1.29, 1.82) is 0 Å².